The normalized spacial score (nSPS) is 31.1. The Hall–Kier alpha value is -2.16. The van der Waals surface area contributed by atoms with E-state index in [9.17, 15) is 14.4 Å². The van der Waals surface area contributed by atoms with Crippen molar-refractivity contribution in [2.75, 3.05) is 33.9 Å². The Morgan fingerprint density at radius 3 is 2.87 bits per heavy atom. The van der Waals surface area contributed by atoms with Gasteiger partial charge in [-0.3, -0.25) is 24.3 Å². The summed E-state index contributed by atoms with van der Waals surface area (Å²) in [5, 5.41) is 0. The highest BCUT2D eigenvalue weighted by Crippen LogP contribution is 2.28. The maximum absolute atomic E-state index is 12.8. The van der Waals surface area contributed by atoms with Crippen LogP contribution >= 0.6 is 0 Å². The van der Waals surface area contributed by atoms with Crippen molar-refractivity contribution in [2.45, 2.75) is 31.6 Å². The molecule has 0 aromatic heterocycles. The van der Waals surface area contributed by atoms with E-state index in [2.05, 4.69) is 21.6 Å². The Labute approximate surface area is 134 Å². The number of hydrogen-bond donors (Lipinski definition) is 0. The minimum Gasteiger partial charge on any atom is -0.468 e. The highest BCUT2D eigenvalue weighted by molar-refractivity contribution is 6.02. The van der Waals surface area contributed by atoms with Gasteiger partial charge in [-0.15, -0.1) is 0 Å². The summed E-state index contributed by atoms with van der Waals surface area (Å²) >= 11 is 0. The minimum atomic E-state index is -0.659. The smallest absolute Gasteiger partial charge is 0.329 e. The van der Waals surface area contributed by atoms with Gasteiger partial charge in [-0.1, -0.05) is 0 Å². The maximum Gasteiger partial charge on any atom is 0.329 e. The monoisotopic (exact) mass is 323 g/mol. The molecule has 3 rings (SSSR count). The van der Waals surface area contributed by atoms with Crippen molar-refractivity contribution in [1.29, 1.82) is 0 Å². The first-order chi connectivity index (χ1) is 10.9. The predicted octanol–water partition coefficient (Wildman–Crippen LogP) is -0.856. The SMILES string of the molecule is COC(=O)CN1C=NC2C1C(=O)N1CCC(C)N(C)CN2C1=O. The van der Waals surface area contributed by atoms with Gasteiger partial charge in [0.25, 0.3) is 5.91 Å². The van der Waals surface area contributed by atoms with Gasteiger partial charge < -0.3 is 9.64 Å². The van der Waals surface area contributed by atoms with Crippen molar-refractivity contribution in [1.82, 2.24) is 19.6 Å². The molecule has 0 radical (unpaired) electrons. The number of carbonyl (C=O) groups excluding carboxylic acids is 3. The third-order valence-corrected chi connectivity index (χ3v) is 4.76. The molecule has 3 aliphatic heterocycles. The highest BCUT2D eigenvalue weighted by atomic mass is 16.5. The molecule has 3 aliphatic rings. The van der Waals surface area contributed by atoms with Crippen LogP contribution in [0.1, 0.15) is 13.3 Å². The number of rotatable bonds is 2. The fraction of sp³-hybridized carbons (Fsp3) is 0.714. The zero-order valence-corrected chi connectivity index (χ0v) is 13.5. The summed E-state index contributed by atoms with van der Waals surface area (Å²) in [4.78, 5) is 47.7. The summed E-state index contributed by atoms with van der Waals surface area (Å²) < 4.78 is 4.66. The molecule has 2 fully saturated rings. The largest absolute Gasteiger partial charge is 0.468 e. The van der Waals surface area contributed by atoms with Crippen molar-refractivity contribution in [3.8, 4) is 0 Å². The number of ether oxygens (including phenoxy) is 1. The van der Waals surface area contributed by atoms with E-state index >= 15 is 0 Å². The Bertz CT molecular complexity index is 565. The van der Waals surface area contributed by atoms with Crippen LogP contribution in [0.5, 0.6) is 0 Å². The van der Waals surface area contributed by atoms with Gasteiger partial charge in [-0.2, -0.15) is 0 Å². The van der Waals surface area contributed by atoms with Gasteiger partial charge in [0.1, 0.15) is 6.54 Å². The topological polar surface area (TPSA) is 85.8 Å². The molecule has 3 amide bonds. The lowest BCUT2D eigenvalue weighted by molar-refractivity contribution is -0.144. The second-order valence-corrected chi connectivity index (χ2v) is 6.15. The van der Waals surface area contributed by atoms with E-state index in [0.29, 0.717) is 13.2 Å². The predicted molar refractivity (Wildman–Crippen MR) is 80.4 cm³/mol. The molecule has 126 valence electrons. The number of imide groups is 1. The van der Waals surface area contributed by atoms with Crippen molar-refractivity contribution < 1.29 is 19.1 Å². The highest BCUT2D eigenvalue weighted by Gasteiger charge is 2.52. The Morgan fingerprint density at radius 2 is 2.17 bits per heavy atom. The molecule has 0 aliphatic carbocycles. The molecule has 2 saturated heterocycles. The van der Waals surface area contributed by atoms with E-state index in [4.69, 9.17) is 0 Å². The quantitative estimate of drug-likeness (QED) is 0.615. The molecule has 23 heavy (non-hydrogen) atoms. The van der Waals surface area contributed by atoms with E-state index in [1.165, 1.54) is 18.3 Å². The number of methoxy groups -OCH3 is 1. The van der Waals surface area contributed by atoms with Crippen molar-refractivity contribution in [2.24, 2.45) is 4.99 Å². The van der Waals surface area contributed by atoms with Crippen LogP contribution in [-0.2, 0) is 14.3 Å². The van der Waals surface area contributed by atoms with Crippen molar-refractivity contribution in [3.63, 3.8) is 0 Å². The molecule has 3 heterocycles. The number of aliphatic imine (C=N–C) groups is 1. The first-order valence-corrected chi connectivity index (χ1v) is 7.62. The van der Waals surface area contributed by atoms with Gasteiger partial charge in [-0.25, -0.2) is 9.79 Å². The molecule has 0 saturated carbocycles. The molecule has 0 N–H and O–H groups in total. The molecule has 9 heteroatoms. The fourth-order valence-electron chi connectivity index (χ4n) is 3.14. The number of esters is 1. The number of urea groups is 1. The van der Waals surface area contributed by atoms with E-state index in [1.807, 2.05) is 7.05 Å². The summed E-state index contributed by atoms with van der Waals surface area (Å²) in [6.45, 7) is 2.77. The summed E-state index contributed by atoms with van der Waals surface area (Å²) in [6.07, 6.45) is 1.59. The van der Waals surface area contributed by atoms with Gasteiger partial charge in [0.15, 0.2) is 12.2 Å². The second-order valence-electron chi connectivity index (χ2n) is 6.15. The summed E-state index contributed by atoms with van der Waals surface area (Å²) in [5.74, 6) is -0.743. The van der Waals surface area contributed by atoms with Crippen LogP contribution in [-0.4, -0.2) is 96.0 Å². The lowest BCUT2D eigenvalue weighted by Gasteiger charge is -2.46. The van der Waals surface area contributed by atoms with Gasteiger partial charge in [0, 0.05) is 12.6 Å². The third kappa shape index (κ3) is 2.54. The van der Waals surface area contributed by atoms with Crippen LogP contribution in [0.15, 0.2) is 4.99 Å². The van der Waals surface area contributed by atoms with Crippen molar-refractivity contribution in [3.05, 3.63) is 0 Å². The van der Waals surface area contributed by atoms with Gasteiger partial charge in [0.05, 0.1) is 20.1 Å². The van der Waals surface area contributed by atoms with Crippen LogP contribution in [0.3, 0.4) is 0 Å². The molecular weight excluding hydrogens is 302 g/mol. The number of hydrogen-bond acceptors (Lipinski definition) is 7. The summed E-state index contributed by atoms with van der Waals surface area (Å²) in [5.41, 5.74) is 0. The lowest BCUT2D eigenvalue weighted by Crippen LogP contribution is -2.68. The molecule has 9 nitrogen and oxygen atoms in total. The van der Waals surface area contributed by atoms with E-state index in [0.717, 1.165) is 6.42 Å². The Morgan fingerprint density at radius 1 is 1.43 bits per heavy atom. The number of nitrogens with zero attached hydrogens (tertiary/aromatic N) is 5. The van der Waals surface area contributed by atoms with Crippen LogP contribution in [0, 0.1) is 0 Å². The summed E-state index contributed by atoms with van der Waals surface area (Å²) in [6, 6.07) is -0.713. The van der Waals surface area contributed by atoms with E-state index < -0.39 is 18.2 Å². The zero-order chi connectivity index (χ0) is 16.7. The fourth-order valence-corrected chi connectivity index (χ4v) is 3.14. The zero-order valence-electron chi connectivity index (χ0n) is 13.5. The Kier molecular flexibility index (Phi) is 3.97. The summed E-state index contributed by atoms with van der Waals surface area (Å²) in [7, 11) is 3.25. The van der Waals surface area contributed by atoms with Gasteiger partial charge >= 0.3 is 12.0 Å². The van der Waals surface area contributed by atoms with Crippen LogP contribution in [0.25, 0.3) is 0 Å². The standard InChI is InChI=1S/C14H21N5O4/c1-9-4-5-18-13(21)11-12(19(14(18)22)8-16(9)2)15-7-17(11)6-10(20)23-3/h7,9,11-12H,4-6,8H2,1-3H3. The van der Waals surface area contributed by atoms with Crippen LogP contribution in [0.2, 0.25) is 0 Å². The first kappa shape index (κ1) is 15.7. The minimum absolute atomic E-state index is 0.0605. The van der Waals surface area contributed by atoms with E-state index in [-0.39, 0.29) is 24.5 Å². The average Bonchev–Trinajstić information content (AvgIpc) is 2.93. The molecule has 0 aromatic carbocycles. The lowest BCUT2D eigenvalue weighted by atomic mass is 10.1. The van der Waals surface area contributed by atoms with Crippen molar-refractivity contribution >= 4 is 24.2 Å². The molecule has 2 bridgehead atoms. The first-order valence-electron chi connectivity index (χ1n) is 7.62. The third-order valence-electron chi connectivity index (χ3n) is 4.76. The molecule has 0 spiro atoms. The molecule has 3 unspecified atom stereocenters. The van der Waals surface area contributed by atoms with Gasteiger partial charge in [-0.05, 0) is 20.4 Å². The molecule has 0 aromatic rings. The average molecular weight is 323 g/mol. The molecular formula is C14H21N5O4. The maximum atomic E-state index is 12.8. The number of amides is 3. The van der Waals surface area contributed by atoms with Crippen LogP contribution < -0.4 is 0 Å². The Balaban J connectivity index is 1.89. The van der Waals surface area contributed by atoms with E-state index in [1.54, 1.807) is 9.80 Å². The molecule has 3 atom stereocenters. The second kappa shape index (κ2) is 5.80. The van der Waals surface area contributed by atoms with Crippen LogP contribution in [0.4, 0.5) is 4.79 Å². The number of fused-ring (bicyclic) bond motifs is 4. The number of carbonyl (C=O) groups is 3. The van der Waals surface area contributed by atoms with Gasteiger partial charge in [0.2, 0.25) is 0 Å².